The van der Waals surface area contributed by atoms with Crippen molar-refractivity contribution >= 4 is 22.7 Å². The lowest BCUT2D eigenvalue weighted by molar-refractivity contribution is 0.957. The molecule has 0 spiro atoms. The summed E-state index contributed by atoms with van der Waals surface area (Å²) in [6.45, 7) is 2.05. The Labute approximate surface area is 105 Å². The van der Waals surface area contributed by atoms with Gasteiger partial charge >= 0.3 is 0 Å². The van der Waals surface area contributed by atoms with Crippen LogP contribution >= 0.6 is 0 Å². The van der Waals surface area contributed by atoms with Gasteiger partial charge in [-0.05, 0) is 30.7 Å². The molecule has 1 aromatic carbocycles. The molecule has 2 aromatic heterocycles. The van der Waals surface area contributed by atoms with Gasteiger partial charge < -0.3 is 9.88 Å². The van der Waals surface area contributed by atoms with Crippen LogP contribution in [0.1, 0.15) is 5.56 Å². The van der Waals surface area contributed by atoms with Crippen molar-refractivity contribution in [3.05, 3.63) is 48.3 Å². The summed E-state index contributed by atoms with van der Waals surface area (Å²) in [5, 5.41) is 3.32. The average Bonchev–Trinajstić information content (AvgIpc) is 2.70. The monoisotopic (exact) mass is 238 g/mol. The topological polar surface area (TPSA) is 42.7 Å². The van der Waals surface area contributed by atoms with Gasteiger partial charge in [-0.15, -0.1) is 0 Å². The normalized spacial score (nSPS) is 10.8. The van der Waals surface area contributed by atoms with E-state index >= 15 is 0 Å². The van der Waals surface area contributed by atoms with E-state index in [0.29, 0.717) is 0 Å². The van der Waals surface area contributed by atoms with Gasteiger partial charge in [-0.2, -0.15) is 0 Å². The van der Waals surface area contributed by atoms with E-state index in [1.165, 1.54) is 0 Å². The Balaban J connectivity index is 2.06. The molecule has 3 rings (SSSR count). The van der Waals surface area contributed by atoms with E-state index < -0.39 is 0 Å². The summed E-state index contributed by atoms with van der Waals surface area (Å²) < 4.78 is 2.04. The third-order valence-corrected chi connectivity index (χ3v) is 3.07. The first-order valence-electron chi connectivity index (χ1n) is 5.85. The molecule has 1 N–H and O–H groups in total. The van der Waals surface area contributed by atoms with Crippen LogP contribution in [0.2, 0.25) is 0 Å². The van der Waals surface area contributed by atoms with Crippen LogP contribution in [0.4, 0.5) is 11.6 Å². The van der Waals surface area contributed by atoms with Gasteiger partial charge in [-0.3, -0.25) is 4.98 Å². The van der Waals surface area contributed by atoms with Crippen molar-refractivity contribution in [1.82, 2.24) is 14.5 Å². The molecule has 4 heteroatoms. The van der Waals surface area contributed by atoms with Crippen LogP contribution in [-0.4, -0.2) is 14.5 Å². The van der Waals surface area contributed by atoms with Crippen LogP contribution in [0.25, 0.3) is 11.0 Å². The Morgan fingerprint density at radius 3 is 2.78 bits per heavy atom. The number of hydrogen-bond donors (Lipinski definition) is 1. The summed E-state index contributed by atoms with van der Waals surface area (Å²) in [5.41, 5.74) is 4.23. The maximum Gasteiger partial charge on any atom is 0.208 e. The number of nitrogens with one attached hydrogen (secondary N) is 1. The highest BCUT2D eigenvalue weighted by molar-refractivity contribution is 5.79. The van der Waals surface area contributed by atoms with Crippen molar-refractivity contribution in [3.63, 3.8) is 0 Å². The first kappa shape index (κ1) is 10.8. The fraction of sp³-hybridized carbons (Fsp3) is 0.143. The Bertz CT molecular complexity index is 700. The van der Waals surface area contributed by atoms with E-state index in [4.69, 9.17) is 0 Å². The number of hydrogen-bond acceptors (Lipinski definition) is 3. The molecule has 0 fully saturated rings. The minimum Gasteiger partial charge on any atom is -0.324 e. The second-order valence-electron chi connectivity index (χ2n) is 4.30. The molecule has 90 valence electrons. The number of aryl methyl sites for hydroxylation is 2. The first-order valence-corrected chi connectivity index (χ1v) is 5.85. The molecule has 0 atom stereocenters. The zero-order chi connectivity index (χ0) is 12.5. The molecule has 18 heavy (non-hydrogen) atoms. The van der Waals surface area contributed by atoms with Crippen molar-refractivity contribution in [1.29, 1.82) is 0 Å². The molecule has 0 radical (unpaired) electrons. The number of benzene rings is 1. The van der Waals surface area contributed by atoms with E-state index in [2.05, 4.69) is 21.4 Å². The highest BCUT2D eigenvalue weighted by Crippen LogP contribution is 2.22. The van der Waals surface area contributed by atoms with Gasteiger partial charge in [0.1, 0.15) is 0 Å². The lowest BCUT2D eigenvalue weighted by Gasteiger charge is -2.08. The Morgan fingerprint density at radius 2 is 2.00 bits per heavy atom. The number of aromatic nitrogens is 3. The van der Waals surface area contributed by atoms with Crippen molar-refractivity contribution in [2.24, 2.45) is 7.05 Å². The Morgan fingerprint density at radius 1 is 1.17 bits per heavy atom. The zero-order valence-electron chi connectivity index (χ0n) is 10.4. The van der Waals surface area contributed by atoms with Gasteiger partial charge in [-0.1, -0.05) is 12.1 Å². The number of anilines is 2. The number of fused-ring (bicyclic) bond motifs is 1. The maximum absolute atomic E-state index is 4.57. The van der Waals surface area contributed by atoms with Crippen molar-refractivity contribution in [2.75, 3.05) is 5.32 Å². The van der Waals surface area contributed by atoms with Crippen molar-refractivity contribution in [2.45, 2.75) is 6.92 Å². The van der Waals surface area contributed by atoms with Crippen molar-refractivity contribution < 1.29 is 0 Å². The number of pyridine rings is 1. The second-order valence-corrected chi connectivity index (χ2v) is 4.30. The average molecular weight is 238 g/mol. The summed E-state index contributed by atoms with van der Waals surface area (Å²) in [6.07, 6.45) is 3.60. The van der Waals surface area contributed by atoms with Crippen molar-refractivity contribution in [3.8, 4) is 0 Å². The van der Waals surface area contributed by atoms with Gasteiger partial charge in [0.05, 0.1) is 22.9 Å². The van der Waals surface area contributed by atoms with Gasteiger partial charge in [0.25, 0.3) is 0 Å². The predicted octanol–water partition coefficient (Wildman–Crippen LogP) is 3.02. The molecule has 0 aliphatic rings. The molecular weight excluding hydrogens is 224 g/mol. The minimum absolute atomic E-state index is 0.826. The summed E-state index contributed by atoms with van der Waals surface area (Å²) >= 11 is 0. The summed E-state index contributed by atoms with van der Waals surface area (Å²) in [6, 6.07) is 10.1. The van der Waals surface area contributed by atoms with E-state index in [0.717, 1.165) is 28.2 Å². The Kier molecular flexibility index (Phi) is 2.48. The molecule has 0 unspecified atom stereocenters. The predicted molar refractivity (Wildman–Crippen MR) is 73.0 cm³/mol. The van der Waals surface area contributed by atoms with Gasteiger partial charge in [0.15, 0.2) is 0 Å². The fourth-order valence-electron chi connectivity index (χ4n) is 1.97. The molecule has 0 saturated carbocycles. The SMILES string of the molecule is Cc1ccncc1Nc1nc2ccccc2n1C. The molecule has 4 nitrogen and oxygen atoms in total. The largest absolute Gasteiger partial charge is 0.324 e. The zero-order valence-corrected chi connectivity index (χ0v) is 10.4. The summed E-state index contributed by atoms with van der Waals surface area (Å²) in [4.78, 5) is 8.70. The molecule has 0 saturated heterocycles. The van der Waals surface area contributed by atoms with Gasteiger partial charge in [0, 0.05) is 13.2 Å². The lowest BCUT2D eigenvalue weighted by Crippen LogP contribution is -2.00. The van der Waals surface area contributed by atoms with E-state index in [1.54, 1.807) is 6.20 Å². The third kappa shape index (κ3) is 1.72. The quantitative estimate of drug-likeness (QED) is 0.746. The smallest absolute Gasteiger partial charge is 0.208 e. The van der Waals surface area contributed by atoms with Gasteiger partial charge in [-0.25, -0.2) is 4.98 Å². The molecule has 2 heterocycles. The molecular formula is C14H14N4. The Hall–Kier alpha value is -2.36. The van der Waals surface area contributed by atoms with E-state index in [9.17, 15) is 0 Å². The van der Waals surface area contributed by atoms with Crippen LogP contribution in [0.5, 0.6) is 0 Å². The van der Waals surface area contributed by atoms with Crippen LogP contribution in [0, 0.1) is 6.92 Å². The molecule has 0 amide bonds. The van der Waals surface area contributed by atoms with Crippen LogP contribution in [0.3, 0.4) is 0 Å². The summed E-state index contributed by atoms with van der Waals surface area (Å²) in [5.74, 6) is 0.826. The molecule has 3 aromatic rings. The minimum atomic E-state index is 0.826. The number of imidazole rings is 1. The fourth-order valence-corrected chi connectivity index (χ4v) is 1.97. The van der Waals surface area contributed by atoms with E-state index in [-0.39, 0.29) is 0 Å². The maximum atomic E-state index is 4.57. The van der Waals surface area contributed by atoms with E-state index in [1.807, 2.05) is 49.0 Å². The molecule has 0 aliphatic carbocycles. The highest BCUT2D eigenvalue weighted by atomic mass is 15.2. The first-order chi connectivity index (χ1) is 8.75. The second kappa shape index (κ2) is 4.14. The number of para-hydroxylation sites is 2. The summed E-state index contributed by atoms with van der Waals surface area (Å²) in [7, 11) is 2.00. The molecule has 0 bridgehead atoms. The lowest BCUT2D eigenvalue weighted by atomic mass is 10.2. The number of rotatable bonds is 2. The van der Waals surface area contributed by atoms with Crippen LogP contribution in [-0.2, 0) is 7.05 Å². The van der Waals surface area contributed by atoms with Crippen LogP contribution in [0.15, 0.2) is 42.7 Å². The van der Waals surface area contributed by atoms with Crippen LogP contribution < -0.4 is 5.32 Å². The third-order valence-electron chi connectivity index (χ3n) is 3.07. The standard InChI is InChI=1S/C14H14N4/c1-10-7-8-15-9-12(10)17-14-16-11-5-3-4-6-13(11)18(14)2/h3-9H,1-2H3,(H,16,17). The highest BCUT2D eigenvalue weighted by Gasteiger charge is 2.07. The van der Waals surface area contributed by atoms with Gasteiger partial charge in [0.2, 0.25) is 5.95 Å². The number of nitrogens with zero attached hydrogens (tertiary/aromatic N) is 3. The molecule has 0 aliphatic heterocycles.